The highest BCUT2D eigenvalue weighted by Gasteiger charge is 2.46. The maximum absolute atomic E-state index is 15.2. The highest BCUT2D eigenvalue weighted by molar-refractivity contribution is 6.05. The number of rotatable bonds is 10. The predicted octanol–water partition coefficient (Wildman–Crippen LogP) is 2.54. The Hall–Kier alpha value is -4.57. The molecule has 0 bridgehead atoms. The topological polar surface area (TPSA) is 132 Å². The van der Waals surface area contributed by atoms with Crippen LogP contribution in [0.2, 0.25) is 0 Å². The summed E-state index contributed by atoms with van der Waals surface area (Å²) < 4.78 is 82.5. The molecule has 3 aromatic rings. The zero-order chi connectivity index (χ0) is 31.5. The van der Waals surface area contributed by atoms with Crippen molar-refractivity contribution in [2.24, 2.45) is 0 Å². The predicted molar refractivity (Wildman–Crippen MR) is 139 cm³/mol. The monoisotopic (exact) mass is 612 g/mol. The van der Waals surface area contributed by atoms with E-state index in [-0.39, 0.29) is 23.6 Å². The van der Waals surface area contributed by atoms with Crippen molar-refractivity contribution in [2.45, 2.75) is 24.4 Å². The molecule has 3 atom stereocenters. The Bertz CT molecular complexity index is 1520. The highest BCUT2D eigenvalue weighted by atomic mass is 19.4. The van der Waals surface area contributed by atoms with Gasteiger partial charge in [-0.2, -0.15) is 5.10 Å². The molecular weight excluding hydrogens is 587 g/mol. The van der Waals surface area contributed by atoms with Crippen molar-refractivity contribution in [3.8, 4) is 11.5 Å². The van der Waals surface area contributed by atoms with Crippen LogP contribution >= 0.6 is 0 Å². The van der Waals surface area contributed by atoms with Crippen LogP contribution in [-0.2, 0) is 9.53 Å². The Morgan fingerprint density at radius 3 is 2.30 bits per heavy atom. The van der Waals surface area contributed by atoms with Crippen LogP contribution in [0.3, 0.4) is 0 Å². The molecule has 0 spiro atoms. The van der Waals surface area contributed by atoms with E-state index in [1.807, 2.05) is 0 Å². The lowest BCUT2D eigenvalue weighted by molar-refractivity contribution is -0.274. The molecule has 1 aliphatic rings. The molecule has 0 radical (unpaired) electrons. The number of nitrogens with zero attached hydrogens (tertiary/aromatic N) is 3. The summed E-state index contributed by atoms with van der Waals surface area (Å²) in [6.07, 6.45) is -3.78. The van der Waals surface area contributed by atoms with Gasteiger partial charge in [-0.25, -0.2) is 13.5 Å². The van der Waals surface area contributed by atoms with E-state index in [2.05, 4.69) is 15.2 Å². The largest absolute Gasteiger partial charge is 0.573 e. The number of aromatic nitrogens is 2. The molecule has 230 valence electrons. The van der Waals surface area contributed by atoms with Gasteiger partial charge in [0.1, 0.15) is 40.9 Å². The van der Waals surface area contributed by atoms with Crippen LogP contribution in [0.5, 0.6) is 11.5 Å². The number of carbonyl (C=O) groups is 2. The maximum atomic E-state index is 15.2. The lowest BCUT2D eigenvalue weighted by atomic mass is 9.92. The molecule has 2 N–H and O–H groups in total. The molecule has 0 aliphatic carbocycles. The summed E-state index contributed by atoms with van der Waals surface area (Å²) in [5.74, 6) is -6.15. The first kappa shape index (κ1) is 31.4. The van der Waals surface area contributed by atoms with Crippen molar-refractivity contribution in [1.82, 2.24) is 15.1 Å². The SMILES string of the molecule is COCC(CO)n1nccc(N2C[C@@H](c3c(F)cc(OC)cc3F)[C@H](NC(=O)c3ccc(OC(F)(F)F)cc3)C2=O)c1=O. The number of amides is 2. The van der Waals surface area contributed by atoms with E-state index < -0.39 is 77.8 Å². The second kappa shape index (κ2) is 12.7. The Labute approximate surface area is 240 Å². The molecule has 1 unspecified atom stereocenters. The second-order valence-electron chi connectivity index (χ2n) is 9.34. The number of ether oxygens (including phenoxy) is 3. The molecular formula is C27H25F5N4O7. The summed E-state index contributed by atoms with van der Waals surface area (Å²) >= 11 is 0. The number of carbonyl (C=O) groups excluding carboxylic acids is 2. The van der Waals surface area contributed by atoms with E-state index in [9.17, 15) is 32.7 Å². The van der Waals surface area contributed by atoms with Gasteiger partial charge in [0, 0.05) is 49.0 Å². The number of hydrogen-bond donors (Lipinski definition) is 2. The number of alkyl halides is 3. The van der Waals surface area contributed by atoms with Crippen LogP contribution in [0.25, 0.3) is 0 Å². The van der Waals surface area contributed by atoms with Crippen LogP contribution in [-0.4, -0.2) is 73.1 Å². The number of aliphatic hydroxyl groups excluding tert-OH is 1. The fourth-order valence-corrected chi connectivity index (χ4v) is 4.71. The average Bonchev–Trinajstić information content (AvgIpc) is 3.26. The molecule has 11 nitrogen and oxygen atoms in total. The Morgan fingerprint density at radius 1 is 1.09 bits per heavy atom. The zero-order valence-corrected chi connectivity index (χ0v) is 22.6. The average molecular weight is 613 g/mol. The first-order chi connectivity index (χ1) is 20.4. The van der Waals surface area contributed by atoms with Crippen molar-refractivity contribution < 1.29 is 50.9 Å². The van der Waals surface area contributed by atoms with Gasteiger partial charge in [-0.05, 0) is 30.3 Å². The van der Waals surface area contributed by atoms with E-state index in [1.165, 1.54) is 26.5 Å². The van der Waals surface area contributed by atoms with E-state index >= 15 is 8.78 Å². The molecule has 2 heterocycles. The minimum Gasteiger partial charge on any atom is -0.497 e. The van der Waals surface area contributed by atoms with Gasteiger partial charge in [-0.3, -0.25) is 14.4 Å². The third-order valence-corrected chi connectivity index (χ3v) is 6.67. The first-order valence-electron chi connectivity index (χ1n) is 12.6. The van der Waals surface area contributed by atoms with Crippen molar-refractivity contribution in [1.29, 1.82) is 0 Å². The number of methoxy groups -OCH3 is 2. The fraction of sp³-hybridized carbons (Fsp3) is 0.333. The number of halogens is 5. The summed E-state index contributed by atoms with van der Waals surface area (Å²) in [5, 5.41) is 16.0. The fourth-order valence-electron chi connectivity index (χ4n) is 4.71. The molecule has 1 saturated heterocycles. The maximum Gasteiger partial charge on any atom is 0.573 e. The molecule has 2 amide bonds. The molecule has 1 aliphatic heterocycles. The summed E-state index contributed by atoms with van der Waals surface area (Å²) in [6, 6.07) is 4.20. The number of hydrogen-bond acceptors (Lipinski definition) is 8. The smallest absolute Gasteiger partial charge is 0.497 e. The third-order valence-electron chi connectivity index (χ3n) is 6.67. The van der Waals surface area contributed by atoms with Crippen molar-refractivity contribution in [3.63, 3.8) is 0 Å². The van der Waals surface area contributed by atoms with Gasteiger partial charge in [0.2, 0.25) is 5.91 Å². The molecule has 2 aromatic carbocycles. The van der Waals surface area contributed by atoms with Gasteiger partial charge < -0.3 is 29.5 Å². The summed E-state index contributed by atoms with van der Waals surface area (Å²) in [4.78, 5) is 41.0. The molecule has 0 saturated carbocycles. The zero-order valence-electron chi connectivity index (χ0n) is 22.6. The normalized spacial score (nSPS) is 17.6. The van der Waals surface area contributed by atoms with E-state index in [1.54, 1.807) is 0 Å². The van der Waals surface area contributed by atoms with E-state index in [4.69, 9.17) is 9.47 Å². The molecule has 1 fully saturated rings. The lowest BCUT2D eigenvalue weighted by Crippen LogP contribution is -2.45. The number of benzene rings is 2. The number of nitrogens with one attached hydrogen (secondary N) is 1. The van der Waals surface area contributed by atoms with Gasteiger partial charge in [-0.1, -0.05) is 0 Å². The van der Waals surface area contributed by atoms with Crippen molar-refractivity contribution in [2.75, 3.05) is 38.9 Å². The van der Waals surface area contributed by atoms with E-state index in [0.717, 1.165) is 46.0 Å². The van der Waals surface area contributed by atoms with Crippen molar-refractivity contribution in [3.05, 3.63) is 81.8 Å². The highest BCUT2D eigenvalue weighted by Crippen LogP contribution is 2.36. The summed E-state index contributed by atoms with van der Waals surface area (Å²) in [6.45, 7) is -1.10. The van der Waals surface area contributed by atoms with Gasteiger partial charge in [0.15, 0.2) is 0 Å². The van der Waals surface area contributed by atoms with Gasteiger partial charge in [0.25, 0.3) is 11.5 Å². The van der Waals surface area contributed by atoms with Crippen molar-refractivity contribution >= 4 is 17.5 Å². The summed E-state index contributed by atoms with van der Waals surface area (Å²) in [5.41, 5.74) is -1.84. The minimum atomic E-state index is -4.96. The van der Waals surface area contributed by atoms with Gasteiger partial charge in [-0.15, -0.1) is 13.2 Å². The number of anilines is 1. The molecule has 1 aromatic heterocycles. The Kier molecular flexibility index (Phi) is 9.30. The van der Waals surface area contributed by atoms with Crippen LogP contribution in [0.1, 0.15) is 27.9 Å². The van der Waals surface area contributed by atoms with Crippen LogP contribution in [0, 0.1) is 11.6 Å². The van der Waals surface area contributed by atoms with E-state index in [0.29, 0.717) is 0 Å². The number of aliphatic hydroxyl groups is 1. The minimum absolute atomic E-state index is 0.100. The van der Waals surface area contributed by atoms with Crippen LogP contribution < -0.4 is 25.2 Å². The quantitative estimate of drug-likeness (QED) is 0.334. The second-order valence-corrected chi connectivity index (χ2v) is 9.34. The molecule has 16 heteroatoms. The Balaban J connectivity index is 1.73. The molecule has 4 rings (SSSR count). The molecule has 43 heavy (non-hydrogen) atoms. The Morgan fingerprint density at radius 2 is 1.74 bits per heavy atom. The van der Waals surface area contributed by atoms with Crippen LogP contribution in [0.15, 0.2) is 53.5 Å². The van der Waals surface area contributed by atoms with Gasteiger partial charge >= 0.3 is 6.36 Å². The first-order valence-corrected chi connectivity index (χ1v) is 12.6. The standard InChI is InChI=1S/C27H25F5N4O7/c1-41-13-15(12-37)36-25(39)21(7-8-33-36)35-11-18(22-19(28)9-17(42-2)10-20(22)29)23(26(35)40)34-24(38)14-3-5-16(6-4-14)43-27(30,31)32/h3-10,15,18,23,37H,11-13H2,1-2H3,(H,34,38)/t15?,18-,23-/m0/s1. The van der Waals surface area contributed by atoms with Crippen LogP contribution in [0.4, 0.5) is 27.6 Å². The summed E-state index contributed by atoms with van der Waals surface area (Å²) in [7, 11) is 2.54. The lowest BCUT2D eigenvalue weighted by Gasteiger charge is -2.20. The van der Waals surface area contributed by atoms with Gasteiger partial charge in [0.05, 0.1) is 20.3 Å². The third kappa shape index (κ3) is 6.75.